The van der Waals surface area contributed by atoms with Gasteiger partial charge in [0.05, 0.1) is 11.9 Å². The van der Waals surface area contributed by atoms with Crippen molar-refractivity contribution in [2.24, 2.45) is 5.92 Å². The van der Waals surface area contributed by atoms with Crippen molar-refractivity contribution < 1.29 is 14.7 Å². The number of nitrogens with zero attached hydrogens (tertiary/aromatic N) is 1. The molecule has 0 unspecified atom stereocenters. The van der Waals surface area contributed by atoms with Crippen LogP contribution in [0.15, 0.2) is 18.3 Å². The number of carbonyl (C=O) groups is 2. The predicted molar refractivity (Wildman–Crippen MR) is 79.1 cm³/mol. The Kier molecular flexibility index (Phi) is 4.45. The molecule has 0 spiro atoms. The molecule has 0 saturated heterocycles. The van der Waals surface area contributed by atoms with Gasteiger partial charge >= 0.3 is 12.0 Å². The second-order valence-electron chi connectivity index (χ2n) is 5.84. The van der Waals surface area contributed by atoms with E-state index in [2.05, 4.69) is 22.5 Å². The van der Waals surface area contributed by atoms with Crippen LogP contribution in [0.25, 0.3) is 0 Å². The monoisotopic (exact) mass is 291 g/mol. The summed E-state index contributed by atoms with van der Waals surface area (Å²) in [5.74, 6) is -0.463. The Hall–Kier alpha value is -2.11. The molecule has 6 heteroatoms. The Morgan fingerprint density at radius 3 is 2.52 bits per heavy atom. The highest BCUT2D eigenvalue weighted by Crippen LogP contribution is 2.32. The lowest BCUT2D eigenvalue weighted by Crippen LogP contribution is -2.57. The van der Waals surface area contributed by atoms with Gasteiger partial charge in [0.2, 0.25) is 0 Å². The van der Waals surface area contributed by atoms with Crippen LogP contribution in [0.1, 0.15) is 38.3 Å². The number of rotatable bonds is 3. The molecule has 114 valence electrons. The number of carboxylic acids is 1. The van der Waals surface area contributed by atoms with Gasteiger partial charge in [-0.25, -0.2) is 9.59 Å². The van der Waals surface area contributed by atoms with E-state index < -0.39 is 17.5 Å². The summed E-state index contributed by atoms with van der Waals surface area (Å²) in [5.41, 5.74) is 0.237. The molecule has 0 aliphatic heterocycles. The first-order chi connectivity index (χ1) is 9.91. The number of nitrogens with one attached hydrogen (secondary N) is 2. The predicted octanol–water partition coefficient (Wildman–Crippen LogP) is 2.55. The number of hydrogen-bond donors (Lipinski definition) is 3. The van der Waals surface area contributed by atoms with Gasteiger partial charge in [0, 0.05) is 5.69 Å². The number of urea groups is 1. The third-order valence-corrected chi connectivity index (χ3v) is 4.06. The summed E-state index contributed by atoms with van der Waals surface area (Å²) < 4.78 is 0. The number of aromatic nitrogens is 1. The lowest BCUT2D eigenvalue weighted by Gasteiger charge is -2.36. The van der Waals surface area contributed by atoms with E-state index in [1.54, 1.807) is 18.3 Å². The summed E-state index contributed by atoms with van der Waals surface area (Å²) in [6.07, 6.45) is 4.08. The molecule has 2 amide bonds. The third kappa shape index (κ3) is 3.71. The van der Waals surface area contributed by atoms with Crippen molar-refractivity contribution in [2.45, 2.75) is 45.1 Å². The van der Waals surface area contributed by atoms with Crippen LogP contribution in [0.2, 0.25) is 0 Å². The van der Waals surface area contributed by atoms with Crippen molar-refractivity contribution in [1.82, 2.24) is 10.3 Å². The number of anilines is 1. The molecular formula is C15H21N3O3. The van der Waals surface area contributed by atoms with E-state index in [0.29, 0.717) is 24.4 Å². The summed E-state index contributed by atoms with van der Waals surface area (Å²) in [5, 5.41) is 14.7. The minimum atomic E-state index is -1.16. The van der Waals surface area contributed by atoms with E-state index in [4.69, 9.17) is 0 Å². The first-order valence-corrected chi connectivity index (χ1v) is 7.16. The summed E-state index contributed by atoms with van der Waals surface area (Å²) in [6.45, 7) is 3.95. The maximum atomic E-state index is 12.0. The molecule has 1 saturated carbocycles. The SMILES string of the molecule is Cc1ccc(NC(=O)NC2(C(=O)O)CCC(C)CC2)cn1. The zero-order valence-corrected chi connectivity index (χ0v) is 12.3. The zero-order valence-electron chi connectivity index (χ0n) is 12.3. The van der Waals surface area contributed by atoms with Crippen molar-refractivity contribution >= 4 is 17.7 Å². The van der Waals surface area contributed by atoms with Crippen molar-refractivity contribution in [3.05, 3.63) is 24.0 Å². The van der Waals surface area contributed by atoms with Gasteiger partial charge in [-0.1, -0.05) is 6.92 Å². The van der Waals surface area contributed by atoms with Crippen molar-refractivity contribution in [2.75, 3.05) is 5.32 Å². The number of pyridine rings is 1. The lowest BCUT2D eigenvalue weighted by molar-refractivity contribution is -0.146. The van der Waals surface area contributed by atoms with Crippen LogP contribution in [-0.2, 0) is 4.79 Å². The van der Waals surface area contributed by atoms with E-state index in [-0.39, 0.29) is 0 Å². The maximum Gasteiger partial charge on any atom is 0.329 e. The highest BCUT2D eigenvalue weighted by atomic mass is 16.4. The first kappa shape index (κ1) is 15.3. The largest absolute Gasteiger partial charge is 0.480 e. The molecule has 2 rings (SSSR count). The van der Waals surface area contributed by atoms with E-state index in [1.807, 2.05) is 6.92 Å². The summed E-state index contributed by atoms with van der Waals surface area (Å²) in [6, 6.07) is 3.01. The summed E-state index contributed by atoms with van der Waals surface area (Å²) in [4.78, 5) is 27.7. The second kappa shape index (κ2) is 6.11. The van der Waals surface area contributed by atoms with Gasteiger partial charge in [-0.05, 0) is 50.7 Å². The van der Waals surface area contributed by atoms with Gasteiger partial charge in [0.1, 0.15) is 5.54 Å². The maximum absolute atomic E-state index is 12.0. The smallest absolute Gasteiger partial charge is 0.329 e. The van der Waals surface area contributed by atoms with Gasteiger partial charge in [0.25, 0.3) is 0 Å². The number of carbonyl (C=O) groups excluding carboxylic acids is 1. The van der Waals surface area contributed by atoms with Gasteiger partial charge in [-0.3, -0.25) is 4.98 Å². The Morgan fingerprint density at radius 2 is 2.00 bits per heavy atom. The minimum absolute atomic E-state index is 0.461. The van der Waals surface area contributed by atoms with E-state index in [1.165, 1.54) is 0 Å². The zero-order chi connectivity index (χ0) is 15.5. The summed E-state index contributed by atoms with van der Waals surface area (Å²) in [7, 11) is 0. The number of hydrogen-bond acceptors (Lipinski definition) is 3. The van der Waals surface area contributed by atoms with Crippen molar-refractivity contribution in [3.8, 4) is 0 Å². The number of carboxylic acid groups (broad SMARTS) is 1. The minimum Gasteiger partial charge on any atom is -0.480 e. The summed E-state index contributed by atoms with van der Waals surface area (Å²) >= 11 is 0. The van der Waals surface area contributed by atoms with Crippen LogP contribution < -0.4 is 10.6 Å². The fourth-order valence-corrected chi connectivity index (χ4v) is 2.57. The van der Waals surface area contributed by atoms with E-state index in [9.17, 15) is 14.7 Å². The Bertz CT molecular complexity index is 519. The second-order valence-corrected chi connectivity index (χ2v) is 5.84. The topological polar surface area (TPSA) is 91.3 Å². The molecule has 1 aromatic rings. The fraction of sp³-hybridized carbons (Fsp3) is 0.533. The first-order valence-electron chi connectivity index (χ1n) is 7.16. The number of aryl methyl sites for hydroxylation is 1. The van der Waals surface area contributed by atoms with E-state index in [0.717, 1.165) is 18.5 Å². The van der Waals surface area contributed by atoms with Crippen LogP contribution in [-0.4, -0.2) is 27.6 Å². The van der Waals surface area contributed by atoms with Gasteiger partial charge in [0.15, 0.2) is 0 Å². The van der Waals surface area contributed by atoms with E-state index >= 15 is 0 Å². The molecule has 0 radical (unpaired) electrons. The molecule has 0 bridgehead atoms. The van der Waals surface area contributed by atoms with Crippen LogP contribution >= 0.6 is 0 Å². The van der Waals surface area contributed by atoms with Gasteiger partial charge in [-0.15, -0.1) is 0 Å². The Morgan fingerprint density at radius 1 is 1.33 bits per heavy atom. The molecule has 6 nitrogen and oxygen atoms in total. The standard InChI is InChI=1S/C15H21N3O3/c1-10-5-7-15(8-6-10,13(19)20)18-14(21)17-12-4-3-11(2)16-9-12/h3-4,9-10H,5-8H2,1-2H3,(H,19,20)(H2,17,18,21). The van der Waals surface area contributed by atoms with Crippen LogP contribution in [0, 0.1) is 12.8 Å². The average molecular weight is 291 g/mol. The van der Waals surface area contributed by atoms with Gasteiger partial charge < -0.3 is 15.7 Å². The molecule has 1 aliphatic carbocycles. The van der Waals surface area contributed by atoms with Crippen LogP contribution in [0.5, 0.6) is 0 Å². The highest BCUT2D eigenvalue weighted by molar-refractivity contribution is 5.93. The molecule has 21 heavy (non-hydrogen) atoms. The highest BCUT2D eigenvalue weighted by Gasteiger charge is 2.42. The molecular weight excluding hydrogens is 270 g/mol. The molecule has 0 atom stereocenters. The lowest BCUT2D eigenvalue weighted by atomic mass is 9.77. The normalized spacial score (nSPS) is 25.1. The number of amides is 2. The molecule has 1 aromatic heterocycles. The quantitative estimate of drug-likeness (QED) is 0.798. The third-order valence-electron chi connectivity index (χ3n) is 4.06. The Balaban J connectivity index is 2.02. The van der Waals surface area contributed by atoms with Crippen LogP contribution in [0.4, 0.5) is 10.5 Å². The molecule has 1 fully saturated rings. The molecule has 1 aliphatic rings. The molecule has 3 N–H and O–H groups in total. The van der Waals surface area contributed by atoms with Gasteiger partial charge in [-0.2, -0.15) is 0 Å². The van der Waals surface area contributed by atoms with Crippen molar-refractivity contribution in [1.29, 1.82) is 0 Å². The Labute approximate surface area is 124 Å². The molecule has 1 heterocycles. The number of aliphatic carboxylic acids is 1. The van der Waals surface area contributed by atoms with Crippen LogP contribution in [0.3, 0.4) is 0 Å². The average Bonchev–Trinajstić information content (AvgIpc) is 2.44. The molecule has 0 aromatic carbocycles. The fourth-order valence-electron chi connectivity index (χ4n) is 2.57. The van der Waals surface area contributed by atoms with Crippen molar-refractivity contribution in [3.63, 3.8) is 0 Å².